The summed E-state index contributed by atoms with van der Waals surface area (Å²) in [7, 11) is 8.18. The van der Waals surface area contributed by atoms with Gasteiger partial charge >= 0.3 is 0 Å². The Kier molecular flexibility index (Phi) is 33.3. The van der Waals surface area contributed by atoms with Gasteiger partial charge in [0.25, 0.3) is 29.5 Å². The molecule has 9 heterocycles. The third kappa shape index (κ3) is 25.5. The van der Waals surface area contributed by atoms with Gasteiger partial charge in [-0.15, -0.1) is 21.5 Å². The zero-order valence-corrected chi connectivity index (χ0v) is 71.3. The maximum atomic E-state index is 13.7. The second kappa shape index (κ2) is 44.2. The van der Waals surface area contributed by atoms with Crippen LogP contribution in [0.4, 0.5) is 17.3 Å². The van der Waals surface area contributed by atoms with Crippen LogP contribution in [0.5, 0.6) is 0 Å². The van der Waals surface area contributed by atoms with Crippen molar-refractivity contribution in [2.75, 3.05) is 175 Å². The van der Waals surface area contributed by atoms with Crippen LogP contribution < -0.4 is 47.9 Å². The standard InChI is InChI=1S/C80H109ClN22O17S/c1-50-52(3)121-79-68(50)69(54-10-12-55(81)13-11-54)89-59(70-96-95-53(4)103(70)79)42-67(107)87-57-43-80(44-57)48-102(49-80)23-25-114-27-29-116-31-33-118-35-37-120-39-38-119-36-34-117-32-30-115-28-26-113-24-21-82-64(104)14-17-86-76(110)72-93-62(46-99(72)7)91-66(106)16-19-85-75(109)61-41-58(51(2)101(61)9)90-78(112)73-94-63(47-100(73)8)92-65(105)15-18-84-74(108)60-40-56(45-98(60)6)88-77(111)71-83-20-22-97(71)5/h10-13,20,22,40-41,45-47,51,57-59H,14-19,21,23-39,42-44,48-49H2,1-9H3,(H,82,104)(H,84,108)(H,85,109)(H,86,110)(H,87,107)(H,88,111)(H,90,112)(H,91,106)(H,92,105)/t51?,58?,59-/m0/s1. The van der Waals surface area contributed by atoms with Gasteiger partial charge in [0.05, 0.1) is 130 Å². The van der Waals surface area contributed by atoms with Gasteiger partial charge in [0.2, 0.25) is 35.3 Å². The average Bonchev–Trinajstić information content (AvgIpc) is 1.73. The van der Waals surface area contributed by atoms with Crippen molar-refractivity contribution in [2.45, 2.75) is 90.4 Å². The summed E-state index contributed by atoms with van der Waals surface area (Å²) in [5.41, 5.74) is 5.10. The molecule has 1 saturated carbocycles. The number of fused-ring (bicyclic) bond motifs is 3. The van der Waals surface area contributed by atoms with Crippen molar-refractivity contribution in [3.05, 3.63) is 134 Å². The molecule has 2 fully saturated rings. The van der Waals surface area contributed by atoms with Gasteiger partial charge in [-0.2, -0.15) is 0 Å². The fourth-order valence-electron chi connectivity index (χ4n) is 14.3. The number of rotatable bonds is 49. The fraction of sp³-hybridized carbons (Fsp3) is 0.537. The summed E-state index contributed by atoms with van der Waals surface area (Å²) in [6, 6.07) is 7.85. The Bertz CT molecular complexity index is 4800. The number of likely N-dealkylation sites (N-methyl/N-ethyl adjacent to an activating group) is 1. The molecule has 41 heteroatoms. The highest BCUT2D eigenvalue weighted by Gasteiger charge is 2.52. The lowest BCUT2D eigenvalue weighted by Crippen LogP contribution is -2.66. The molecule has 7 aromatic rings. The summed E-state index contributed by atoms with van der Waals surface area (Å²) in [5.74, 6) is -2.01. The molecule has 9 amide bonds. The Morgan fingerprint density at radius 3 is 1.66 bits per heavy atom. The molecule has 1 aliphatic carbocycles. The first-order valence-electron chi connectivity index (χ1n) is 40.3. The molecule has 0 bridgehead atoms. The average molecular weight is 1720 g/mol. The summed E-state index contributed by atoms with van der Waals surface area (Å²) < 4.78 is 53.0. The molecular weight excluding hydrogens is 1610 g/mol. The van der Waals surface area contributed by atoms with Crippen LogP contribution in [0.2, 0.25) is 5.02 Å². The highest BCUT2D eigenvalue weighted by Crippen LogP contribution is 2.48. The van der Waals surface area contributed by atoms with Crippen LogP contribution in [-0.2, 0) is 90.1 Å². The van der Waals surface area contributed by atoms with Crippen molar-refractivity contribution in [3.8, 4) is 5.00 Å². The Balaban J connectivity index is 0.430. The maximum Gasteiger partial charge on any atom is 0.291 e. The number of thiophene rings is 1. The number of aliphatic imine (C=N–C) groups is 1. The number of imidazole rings is 3. The highest BCUT2D eigenvalue weighted by molar-refractivity contribution is 7.15. The van der Waals surface area contributed by atoms with Crippen LogP contribution in [0.25, 0.3) is 5.00 Å². The zero-order valence-electron chi connectivity index (χ0n) is 69.7. The number of nitrogens with zero attached hydrogens (tertiary/aromatic N) is 13. The molecule has 2 unspecified atom stereocenters. The number of nitrogens with one attached hydrogen (secondary N) is 9. The van der Waals surface area contributed by atoms with Gasteiger partial charge in [-0.25, -0.2) is 15.0 Å². The molecule has 6 aromatic heterocycles. The second-order valence-electron chi connectivity index (χ2n) is 29.9. The molecule has 9 N–H and O–H groups in total. The first kappa shape index (κ1) is 91.1. The van der Waals surface area contributed by atoms with Crippen LogP contribution in [-0.4, -0.2) is 293 Å². The van der Waals surface area contributed by atoms with Gasteiger partial charge < -0.3 is 109 Å². The molecule has 39 nitrogen and oxygen atoms in total. The normalized spacial score (nSPS) is 16.0. The minimum Gasteiger partial charge on any atom is -0.378 e. The molecule has 654 valence electrons. The van der Waals surface area contributed by atoms with E-state index in [0.29, 0.717) is 116 Å². The minimum absolute atomic E-state index is 0.000199. The number of carbonyl (C=O) groups excluding carboxylic acids is 9. The van der Waals surface area contributed by atoms with Crippen LogP contribution in [0.1, 0.15) is 127 Å². The largest absolute Gasteiger partial charge is 0.378 e. The van der Waals surface area contributed by atoms with Gasteiger partial charge in [-0.1, -0.05) is 23.7 Å². The first-order chi connectivity index (χ1) is 58.3. The Morgan fingerprint density at radius 1 is 0.554 bits per heavy atom. The summed E-state index contributed by atoms with van der Waals surface area (Å²) >= 11 is 7.97. The minimum atomic E-state index is -0.622. The highest BCUT2D eigenvalue weighted by atomic mass is 35.5. The summed E-state index contributed by atoms with van der Waals surface area (Å²) in [5, 5.41) is 35.6. The maximum absolute atomic E-state index is 13.7. The zero-order chi connectivity index (χ0) is 86.1. The monoisotopic (exact) mass is 1720 g/mol. The lowest BCUT2D eigenvalue weighted by atomic mass is 9.60. The molecule has 121 heavy (non-hydrogen) atoms. The van der Waals surface area contributed by atoms with E-state index in [2.05, 4.69) is 96.3 Å². The predicted molar refractivity (Wildman–Crippen MR) is 446 cm³/mol. The van der Waals surface area contributed by atoms with Crippen molar-refractivity contribution < 1.29 is 81.0 Å². The number of benzene rings is 1. The molecule has 1 saturated heterocycles. The van der Waals surface area contributed by atoms with Crippen molar-refractivity contribution >= 4 is 99.1 Å². The lowest BCUT2D eigenvalue weighted by Gasteiger charge is -2.59. The molecule has 1 spiro atoms. The van der Waals surface area contributed by atoms with E-state index < -0.39 is 53.4 Å². The topological polar surface area (TPSA) is 444 Å². The van der Waals surface area contributed by atoms with E-state index in [0.717, 1.165) is 65.7 Å². The van der Waals surface area contributed by atoms with E-state index in [4.69, 9.17) is 54.5 Å². The molecule has 0 radical (unpaired) electrons. The fourth-order valence-corrected chi connectivity index (χ4v) is 15.7. The number of likely N-dealkylation sites (tertiary alicyclic amines) is 1. The van der Waals surface area contributed by atoms with E-state index in [1.807, 2.05) is 38.1 Å². The SMILES string of the molecule is Cc1sc2c(c1C)C(c1ccc(Cl)cc1)=N[C@@H](CC(=O)NC1CC3(C1)CN(CCOCCOCCOCCOCCOCCOCCOCCOCCNC(=O)CCNC(=O)c1nc(NC(=O)CCNC(=O)C4=CC(NC(=O)c5nc(NC(=O)CCNC(=O)c6cc(NC(=O)c7nccn7C)cn6C)cn5C)C(C)N4C)cn1C)C3)c1nnc(C)n1-2. The van der Waals surface area contributed by atoms with E-state index in [-0.39, 0.29) is 128 Å². The van der Waals surface area contributed by atoms with Crippen molar-refractivity contribution in [3.63, 3.8) is 0 Å². The lowest BCUT2D eigenvalue weighted by molar-refractivity contribution is -0.128. The van der Waals surface area contributed by atoms with Gasteiger partial charge in [-0.3, -0.25) is 57.6 Å². The van der Waals surface area contributed by atoms with Gasteiger partial charge in [0.15, 0.2) is 23.3 Å². The van der Waals surface area contributed by atoms with E-state index >= 15 is 0 Å². The number of halogens is 1. The number of hydrogen-bond donors (Lipinski definition) is 9. The number of aryl methyl sites for hydroxylation is 6. The van der Waals surface area contributed by atoms with Gasteiger partial charge in [0.1, 0.15) is 28.3 Å². The predicted octanol–water partition coefficient (Wildman–Crippen LogP) is 2.85. The number of carbonyl (C=O) groups is 9. The molecule has 11 rings (SSSR count). The van der Waals surface area contributed by atoms with Gasteiger partial charge in [-0.05, 0) is 75.8 Å². The van der Waals surface area contributed by atoms with Crippen molar-refractivity contribution in [1.29, 1.82) is 0 Å². The van der Waals surface area contributed by atoms with E-state index in [1.165, 1.54) is 43.2 Å². The summed E-state index contributed by atoms with van der Waals surface area (Å²) in [4.78, 5) is 140. The molecule has 4 aliphatic rings. The smallest absolute Gasteiger partial charge is 0.291 e. The first-order valence-corrected chi connectivity index (χ1v) is 41.5. The molecule has 3 atom stereocenters. The summed E-state index contributed by atoms with van der Waals surface area (Å²) in [6.45, 7) is 17.9. The quantitative estimate of drug-likeness (QED) is 0.0248. The molecule has 3 aliphatic heterocycles. The second-order valence-corrected chi connectivity index (χ2v) is 31.6. The number of hydrogen-bond acceptors (Lipinski definition) is 26. The third-order valence-electron chi connectivity index (χ3n) is 20.8. The Labute approximate surface area is 709 Å². The number of aromatic nitrogens is 10. The van der Waals surface area contributed by atoms with Crippen molar-refractivity contribution in [1.82, 2.24) is 89.7 Å². The number of amides is 9. The Hall–Kier alpha value is -10.7. The van der Waals surface area contributed by atoms with E-state index in [1.54, 1.807) is 74.5 Å². The van der Waals surface area contributed by atoms with Crippen LogP contribution in [0.3, 0.4) is 0 Å². The number of ether oxygens (including phenoxy) is 8. The van der Waals surface area contributed by atoms with Crippen LogP contribution >= 0.6 is 22.9 Å². The van der Waals surface area contributed by atoms with Crippen LogP contribution in [0, 0.1) is 26.2 Å². The van der Waals surface area contributed by atoms with Crippen LogP contribution in [0.15, 0.2) is 78.1 Å². The molecular formula is C80H109ClN22O17S. The van der Waals surface area contributed by atoms with E-state index in [9.17, 15) is 43.2 Å². The van der Waals surface area contributed by atoms with Gasteiger partial charge in [0, 0.05) is 164 Å². The van der Waals surface area contributed by atoms with Crippen molar-refractivity contribution in [2.24, 2.45) is 38.6 Å². The third-order valence-corrected chi connectivity index (χ3v) is 22.3. The number of anilines is 3. The molecule has 1 aromatic carbocycles. The summed E-state index contributed by atoms with van der Waals surface area (Å²) in [6.07, 6.45) is 11.1. The Morgan fingerprint density at radius 2 is 1.09 bits per heavy atom.